The van der Waals surface area contributed by atoms with Crippen molar-refractivity contribution in [3.8, 4) is 0 Å². The second-order valence-electron chi connectivity index (χ2n) is 10.8. The summed E-state index contributed by atoms with van der Waals surface area (Å²) in [5.41, 5.74) is 0. The van der Waals surface area contributed by atoms with E-state index in [0.29, 0.717) is 62.5 Å². The van der Waals surface area contributed by atoms with Gasteiger partial charge in [-0.2, -0.15) is 11.8 Å². The van der Waals surface area contributed by atoms with Crippen LogP contribution in [0.4, 0.5) is 0 Å². The van der Waals surface area contributed by atoms with Gasteiger partial charge in [0.1, 0.15) is 15.4 Å². The van der Waals surface area contributed by atoms with Gasteiger partial charge in [0.05, 0.1) is 6.42 Å². The van der Waals surface area contributed by atoms with Gasteiger partial charge in [-0.1, -0.05) is 19.3 Å². The molecular formula is C26H42N5NaO9S2. The summed E-state index contributed by atoms with van der Waals surface area (Å²) in [4.78, 5) is 64.0. The van der Waals surface area contributed by atoms with Crippen molar-refractivity contribution in [3.63, 3.8) is 0 Å². The zero-order chi connectivity index (χ0) is 30.5. The first-order chi connectivity index (χ1) is 20.1. The summed E-state index contributed by atoms with van der Waals surface area (Å²) in [6.45, 7) is 1.94. The molecule has 0 saturated carbocycles. The normalized spacial score (nSPS) is 23.1. The Kier molecular flexibility index (Phi) is 17.0. The van der Waals surface area contributed by atoms with Crippen molar-refractivity contribution in [2.24, 2.45) is 0 Å². The quantitative estimate of drug-likeness (QED) is 0.0477. The first-order valence-corrected chi connectivity index (χ1v) is 17.2. The molecule has 43 heavy (non-hydrogen) atoms. The largest absolute Gasteiger partial charge is 1.00 e. The van der Waals surface area contributed by atoms with Crippen LogP contribution in [-0.2, 0) is 38.9 Å². The number of hydroxylamine groups is 2. The minimum absolute atomic E-state index is 0. The fraction of sp³-hybridized carbons (Fsp3) is 0.808. The third kappa shape index (κ3) is 12.9. The summed E-state index contributed by atoms with van der Waals surface area (Å²) < 4.78 is 33.0. The summed E-state index contributed by atoms with van der Waals surface area (Å²) in [6, 6.07) is 1.15. The number of hydrogen-bond donors (Lipinski definition) is 4. The molecule has 4 unspecified atom stereocenters. The smallest absolute Gasteiger partial charge is 0.747 e. The van der Waals surface area contributed by atoms with Crippen molar-refractivity contribution in [1.29, 1.82) is 0 Å². The Hall–Kier alpha value is -1.27. The second kappa shape index (κ2) is 19.3. The van der Waals surface area contributed by atoms with E-state index in [4.69, 9.17) is 0 Å². The average Bonchev–Trinajstić information content (AvgIpc) is 3.62. The molecule has 0 radical (unpaired) electrons. The molecule has 3 fully saturated rings. The summed E-state index contributed by atoms with van der Waals surface area (Å²) in [5, 5.41) is 11.4. The summed E-state index contributed by atoms with van der Waals surface area (Å²) in [7, 11) is -5.02. The van der Waals surface area contributed by atoms with Gasteiger partial charge in [-0.15, -0.1) is 5.06 Å². The van der Waals surface area contributed by atoms with Crippen LogP contribution in [0.25, 0.3) is 0 Å². The summed E-state index contributed by atoms with van der Waals surface area (Å²) in [5.74, 6) is -2.12. The topological polar surface area (TPSA) is 203 Å². The van der Waals surface area contributed by atoms with Gasteiger partial charge in [-0.3, -0.25) is 29.8 Å². The molecule has 3 heterocycles. The van der Waals surface area contributed by atoms with Gasteiger partial charge < -0.3 is 20.0 Å². The number of rotatable bonds is 19. The first-order valence-electron chi connectivity index (χ1n) is 14.7. The standard InChI is InChI=1S/C26H43N5O9S2.Na/c32-21(27-14-8-2-4-12-24(35)40-31-23(34)15-20(26(31)36)42(37,38)39)10-3-1-7-13-28-22(33)11-6-5-9-19-25-18(16-41-19)29-17-30-25;/h18-20,25,29-30H,1-17H2,(H,27,32)(H,28,33)(H,37,38,39);/q;+1/p-1. The Morgan fingerprint density at radius 3 is 2.12 bits per heavy atom. The molecule has 3 aliphatic rings. The molecule has 0 bridgehead atoms. The molecule has 0 aromatic carbocycles. The van der Waals surface area contributed by atoms with Gasteiger partial charge in [-0.05, 0) is 38.5 Å². The van der Waals surface area contributed by atoms with Gasteiger partial charge in [0.15, 0.2) is 0 Å². The molecule has 14 nitrogen and oxygen atoms in total. The van der Waals surface area contributed by atoms with E-state index in [2.05, 4.69) is 26.1 Å². The zero-order valence-electron chi connectivity index (χ0n) is 24.8. The van der Waals surface area contributed by atoms with Crippen LogP contribution in [0.1, 0.15) is 83.5 Å². The Morgan fingerprint density at radius 2 is 1.51 bits per heavy atom. The van der Waals surface area contributed by atoms with E-state index >= 15 is 0 Å². The maximum Gasteiger partial charge on any atom is 1.00 e. The van der Waals surface area contributed by atoms with Crippen LogP contribution in [0.5, 0.6) is 0 Å². The van der Waals surface area contributed by atoms with Crippen LogP contribution in [0.3, 0.4) is 0 Å². The molecule has 4 amide bonds. The van der Waals surface area contributed by atoms with E-state index in [1.807, 2.05) is 11.8 Å². The maximum atomic E-state index is 12.1. The third-order valence-electron chi connectivity index (χ3n) is 7.55. The van der Waals surface area contributed by atoms with Gasteiger partial charge in [-0.25, -0.2) is 13.2 Å². The van der Waals surface area contributed by atoms with Crippen molar-refractivity contribution in [2.75, 3.05) is 25.5 Å². The third-order valence-corrected chi connectivity index (χ3v) is 10.1. The molecule has 3 rings (SSSR count). The Balaban J connectivity index is 0.00000645. The second-order valence-corrected chi connectivity index (χ2v) is 13.7. The van der Waals surface area contributed by atoms with Crippen molar-refractivity contribution in [3.05, 3.63) is 0 Å². The van der Waals surface area contributed by atoms with E-state index in [-0.39, 0.29) is 52.9 Å². The number of carbonyl (C=O) groups excluding carboxylic acids is 5. The molecule has 17 heteroatoms. The summed E-state index contributed by atoms with van der Waals surface area (Å²) in [6.07, 6.45) is 7.00. The number of nitrogens with one attached hydrogen (secondary N) is 4. The molecule has 0 aliphatic carbocycles. The van der Waals surface area contributed by atoms with Crippen LogP contribution >= 0.6 is 11.8 Å². The van der Waals surface area contributed by atoms with Crippen LogP contribution < -0.4 is 50.8 Å². The van der Waals surface area contributed by atoms with Crippen LogP contribution in [0, 0.1) is 0 Å². The van der Waals surface area contributed by atoms with E-state index in [0.717, 1.165) is 50.9 Å². The molecule has 0 aromatic rings. The number of nitrogens with zero attached hydrogens (tertiary/aromatic N) is 1. The van der Waals surface area contributed by atoms with Crippen molar-refractivity contribution >= 4 is 51.5 Å². The number of unbranched alkanes of at least 4 members (excludes halogenated alkanes) is 5. The van der Waals surface area contributed by atoms with Crippen molar-refractivity contribution < 1.29 is 71.3 Å². The Morgan fingerprint density at radius 1 is 0.907 bits per heavy atom. The molecule has 238 valence electrons. The van der Waals surface area contributed by atoms with Gasteiger partial charge >= 0.3 is 35.5 Å². The minimum Gasteiger partial charge on any atom is -0.747 e. The van der Waals surface area contributed by atoms with Gasteiger partial charge in [0.2, 0.25) is 11.8 Å². The molecule has 0 spiro atoms. The van der Waals surface area contributed by atoms with E-state index in [9.17, 15) is 36.9 Å². The predicted molar refractivity (Wildman–Crippen MR) is 152 cm³/mol. The van der Waals surface area contributed by atoms with E-state index in [1.165, 1.54) is 0 Å². The fourth-order valence-corrected chi connectivity index (χ4v) is 7.49. The van der Waals surface area contributed by atoms with Crippen LogP contribution in [0.2, 0.25) is 0 Å². The molecule has 4 atom stereocenters. The SMILES string of the molecule is O=C(CCCCCNC(=O)CCCCC1SCC2NCNC21)NCCCCCC(=O)ON1C(=O)CC(S(=O)(=O)[O-])C1=O.[Na+]. The molecular weight excluding hydrogens is 613 g/mol. The number of imide groups is 1. The molecule has 0 aromatic heterocycles. The average molecular weight is 656 g/mol. The predicted octanol–water partition coefficient (Wildman–Crippen LogP) is -2.96. The van der Waals surface area contributed by atoms with Crippen molar-refractivity contribution in [2.45, 2.75) is 106 Å². The van der Waals surface area contributed by atoms with E-state index in [1.54, 1.807) is 0 Å². The van der Waals surface area contributed by atoms with E-state index < -0.39 is 39.6 Å². The van der Waals surface area contributed by atoms with Gasteiger partial charge in [0.25, 0.3) is 11.8 Å². The molecule has 4 N–H and O–H groups in total. The van der Waals surface area contributed by atoms with Crippen LogP contribution in [0.15, 0.2) is 0 Å². The Labute approximate surface area is 279 Å². The first kappa shape index (κ1) is 37.9. The number of hydrogen-bond acceptors (Lipinski definition) is 12. The maximum absolute atomic E-state index is 12.1. The monoisotopic (exact) mass is 655 g/mol. The van der Waals surface area contributed by atoms with Gasteiger partial charge in [0, 0.05) is 62.1 Å². The van der Waals surface area contributed by atoms with Crippen molar-refractivity contribution in [1.82, 2.24) is 26.3 Å². The molecule has 3 saturated heterocycles. The summed E-state index contributed by atoms with van der Waals surface area (Å²) >= 11 is 2.02. The van der Waals surface area contributed by atoms with Crippen LogP contribution in [-0.4, -0.2) is 95.7 Å². The minimum atomic E-state index is -5.02. The number of amides is 4. The molecule has 3 aliphatic heterocycles. The zero-order valence-corrected chi connectivity index (χ0v) is 28.4. The number of fused-ring (bicyclic) bond motifs is 1. The fourth-order valence-electron chi connectivity index (χ4n) is 5.20. The number of thioether (sulfide) groups is 1. The Bertz CT molecular complexity index is 1080. The number of carbonyl (C=O) groups is 5.